The van der Waals surface area contributed by atoms with Gasteiger partial charge in [0.25, 0.3) is 0 Å². The maximum absolute atomic E-state index is 6.06. The molecule has 1 nitrogen and oxygen atoms in total. The van der Waals surface area contributed by atoms with E-state index in [4.69, 9.17) is 23.2 Å². The molecule has 0 aromatic heterocycles. The third-order valence-corrected chi connectivity index (χ3v) is 2.81. The third-order valence-electron chi connectivity index (χ3n) is 2.29. The summed E-state index contributed by atoms with van der Waals surface area (Å²) in [4.78, 5) is 2.06. The molecule has 0 amide bonds. The van der Waals surface area contributed by atoms with Gasteiger partial charge in [0.2, 0.25) is 0 Å². The third kappa shape index (κ3) is 1.32. The van der Waals surface area contributed by atoms with Crippen LogP contribution in [0.1, 0.15) is 11.1 Å². The van der Waals surface area contributed by atoms with Gasteiger partial charge in [0.05, 0.1) is 5.02 Å². The molecule has 0 fully saturated rings. The number of halogens is 2. The normalized spacial score (nSPS) is 15.0. The highest BCUT2D eigenvalue weighted by molar-refractivity contribution is 6.36. The van der Waals surface area contributed by atoms with Gasteiger partial charge in [0, 0.05) is 29.9 Å². The van der Waals surface area contributed by atoms with Gasteiger partial charge < -0.3 is 4.90 Å². The molecule has 1 aromatic rings. The Balaban J connectivity index is 2.64. The number of hydrogen-bond donors (Lipinski definition) is 0. The van der Waals surface area contributed by atoms with E-state index >= 15 is 0 Å². The highest BCUT2D eigenvalue weighted by Gasteiger charge is 2.22. The molecule has 0 saturated heterocycles. The van der Waals surface area contributed by atoms with Crippen LogP contribution in [-0.2, 0) is 6.54 Å². The van der Waals surface area contributed by atoms with Gasteiger partial charge in [-0.1, -0.05) is 29.8 Å². The zero-order valence-electron chi connectivity index (χ0n) is 7.27. The molecule has 1 heterocycles. The molecule has 1 aromatic carbocycles. The molecular formula is C10H9Cl2N. The van der Waals surface area contributed by atoms with Crippen molar-refractivity contribution in [2.45, 2.75) is 6.54 Å². The molecule has 0 aliphatic carbocycles. The summed E-state index contributed by atoms with van der Waals surface area (Å²) in [6, 6.07) is 3.70. The monoisotopic (exact) mass is 213 g/mol. The van der Waals surface area contributed by atoms with E-state index in [9.17, 15) is 0 Å². The summed E-state index contributed by atoms with van der Waals surface area (Å²) in [7, 11) is 1.99. The standard InChI is InChI=1S/C10H9Cl2N/c1-6-10-7(5-13(6)2)3-8(11)4-9(10)12/h3-4H,1,5H2,2H3. The van der Waals surface area contributed by atoms with Crippen LogP contribution in [0, 0.1) is 0 Å². The van der Waals surface area contributed by atoms with Crippen molar-refractivity contribution in [1.82, 2.24) is 4.90 Å². The second kappa shape index (κ2) is 2.93. The van der Waals surface area contributed by atoms with Crippen LogP contribution in [-0.4, -0.2) is 11.9 Å². The van der Waals surface area contributed by atoms with E-state index in [1.165, 1.54) is 0 Å². The van der Waals surface area contributed by atoms with Crippen LogP contribution >= 0.6 is 23.2 Å². The van der Waals surface area contributed by atoms with Crippen molar-refractivity contribution in [3.05, 3.63) is 39.9 Å². The molecule has 68 valence electrons. The molecule has 0 atom stereocenters. The summed E-state index contributed by atoms with van der Waals surface area (Å²) < 4.78 is 0. The molecule has 1 aliphatic rings. The van der Waals surface area contributed by atoms with Crippen molar-refractivity contribution in [3.63, 3.8) is 0 Å². The van der Waals surface area contributed by atoms with Gasteiger partial charge in [-0.2, -0.15) is 0 Å². The predicted molar refractivity (Wildman–Crippen MR) is 57.0 cm³/mol. The Hall–Kier alpha value is -0.660. The van der Waals surface area contributed by atoms with Crippen molar-refractivity contribution in [3.8, 4) is 0 Å². The van der Waals surface area contributed by atoms with Crippen LogP contribution in [0.5, 0.6) is 0 Å². The minimum Gasteiger partial charge on any atom is -0.370 e. The number of nitrogens with zero attached hydrogens (tertiary/aromatic N) is 1. The lowest BCUT2D eigenvalue weighted by atomic mass is 10.1. The number of fused-ring (bicyclic) bond motifs is 1. The van der Waals surface area contributed by atoms with Crippen LogP contribution in [0.3, 0.4) is 0 Å². The van der Waals surface area contributed by atoms with Crippen LogP contribution in [0.15, 0.2) is 18.7 Å². The first kappa shape index (κ1) is 8.92. The summed E-state index contributed by atoms with van der Waals surface area (Å²) >= 11 is 12.0. The second-order valence-corrected chi connectivity index (χ2v) is 4.07. The Morgan fingerprint density at radius 3 is 2.77 bits per heavy atom. The van der Waals surface area contributed by atoms with Gasteiger partial charge in [0.15, 0.2) is 0 Å². The molecule has 0 bridgehead atoms. The molecule has 13 heavy (non-hydrogen) atoms. The smallest absolute Gasteiger partial charge is 0.0517 e. The lowest BCUT2D eigenvalue weighted by Crippen LogP contribution is -2.06. The minimum absolute atomic E-state index is 0.687. The first-order chi connectivity index (χ1) is 6.09. The molecule has 0 radical (unpaired) electrons. The van der Waals surface area contributed by atoms with E-state index in [0.717, 1.165) is 23.4 Å². The van der Waals surface area contributed by atoms with E-state index in [1.807, 2.05) is 13.1 Å². The highest BCUT2D eigenvalue weighted by Crippen LogP contribution is 2.37. The molecule has 2 rings (SSSR count). The minimum atomic E-state index is 0.687. The zero-order chi connectivity index (χ0) is 9.59. The SMILES string of the molecule is C=C1c2c(Cl)cc(Cl)cc2CN1C. The van der Waals surface area contributed by atoms with Gasteiger partial charge in [-0.05, 0) is 17.7 Å². The Morgan fingerprint density at radius 1 is 1.38 bits per heavy atom. The maximum Gasteiger partial charge on any atom is 0.0517 e. The van der Waals surface area contributed by atoms with Gasteiger partial charge in [-0.3, -0.25) is 0 Å². The molecular weight excluding hydrogens is 205 g/mol. The molecule has 0 N–H and O–H groups in total. The number of benzene rings is 1. The lowest BCUT2D eigenvalue weighted by molar-refractivity contribution is 0.501. The van der Waals surface area contributed by atoms with Crippen molar-refractivity contribution in [2.75, 3.05) is 7.05 Å². The molecule has 0 saturated carbocycles. The first-order valence-corrected chi connectivity index (χ1v) is 4.73. The predicted octanol–water partition coefficient (Wildman–Crippen LogP) is 3.41. The summed E-state index contributed by atoms with van der Waals surface area (Å²) in [5.74, 6) is 0. The Labute approximate surface area is 87.6 Å². The molecule has 0 unspecified atom stereocenters. The number of rotatable bonds is 0. The lowest BCUT2D eigenvalue weighted by Gasteiger charge is -2.10. The van der Waals surface area contributed by atoms with Crippen molar-refractivity contribution in [1.29, 1.82) is 0 Å². The van der Waals surface area contributed by atoms with Crippen LogP contribution in [0.2, 0.25) is 10.0 Å². The van der Waals surface area contributed by atoms with E-state index < -0.39 is 0 Å². The van der Waals surface area contributed by atoms with Crippen LogP contribution < -0.4 is 0 Å². The zero-order valence-corrected chi connectivity index (χ0v) is 8.78. The van der Waals surface area contributed by atoms with E-state index in [-0.39, 0.29) is 0 Å². The second-order valence-electron chi connectivity index (χ2n) is 3.22. The fraction of sp³-hybridized carbons (Fsp3) is 0.200. The summed E-state index contributed by atoms with van der Waals surface area (Å²) in [5.41, 5.74) is 3.16. The van der Waals surface area contributed by atoms with E-state index in [0.29, 0.717) is 10.0 Å². The van der Waals surface area contributed by atoms with Gasteiger partial charge in [-0.25, -0.2) is 0 Å². The molecule has 3 heteroatoms. The van der Waals surface area contributed by atoms with Crippen molar-refractivity contribution >= 4 is 28.9 Å². The fourth-order valence-corrected chi connectivity index (χ4v) is 2.26. The van der Waals surface area contributed by atoms with E-state index in [1.54, 1.807) is 6.07 Å². The quantitative estimate of drug-likeness (QED) is 0.639. The van der Waals surface area contributed by atoms with Crippen molar-refractivity contribution in [2.24, 2.45) is 0 Å². The molecule has 0 spiro atoms. The Morgan fingerprint density at radius 2 is 2.08 bits per heavy atom. The van der Waals surface area contributed by atoms with Crippen LogP contribution in [0.4, 0.5) is 0 Å². The topological polar surface area (TPSA) is 3.24 Å². The average Bonchev–Trinajstić information content (AvgIpc) is 2.27. The maximum atomic E-state index is 6.06. The average molecular weight is 214 g/mol. The highest BCUT2D eigenvalue weighted by atomic mass is 35.5. The van der Waals surface area contributed by atoms with Gasteiger partial charge in [0.1, 0.15) is 0 Å². The van der Waals surface area contributed by atoms with Gasteiger partial charge in [-0.15, -0.1) is 0 Å². The first-order valence-electron chi connectivity index (χ1n) is 3.98. The number of hydrogen-bond acceptors (Lipinski definition) is 1. The summed E-state index contributed by atoms with van der Waals surface area (Å²) in [6.45, 7) is 4.81. The van der Waals surface area contributed by atoms with E-state index in [2.05, 4.69) is 11.5 Å². The summed E-state index contributed by atoms with van der Waals surface area (Å²) in [6.07, 6.45) is 0. The Bertz CT molecular complexity index is 385. The van der Waals surface area contributed by atoms with Crippen molar-refractivity contribution < 1.29 is 0 Å². The van der Waals surface area contributed by atoms with Gasteiger partial charge >= 0.3 is 0 Å². The molecule has 1 aliphatic heterocycles. The fourth-order valence-electron chi connectivity index (χ4n) is 1.62. The largest absolute Gasteiger partial charge is 0.370 e. The van der Waals surface area contributed by atoms with Crippen LogP contribution in [0.25, 0.3) is 5.70 Å². The Kier molecular flexibility index (Phi) is 2.01. The summed E-state index contributed by atoms with van der Waals surface area (Å²) in [5, 5.41) is 1.38.